The number of halogens is 3. The summed E-state index contributed by atoms with van der Waals surface area (Å²) in [5.41, 5.74) is 16.1. The summed E-state index contributed by atoms with van der Waals surface area (Å²) < 4.78 is 65.5. The number of H-pyrrole nitrogens is 1. The fourth-order valence-electron chi connectivity index (χ4n) is 5.81. The van der Waals surface area contributed by atoms with E-state index in [0.717, 1.165) is 35.8 Å². The van der Waals surface area contributed by atoms with Gasteiger partial charge in [0, 0.05) is 41.0 Å². The highest BCUT2D eigenvalue weighted by Crippen LogP contribution is 2.39. The summed E-state index contributed by atoms with van der Waals surface area (Å²) >= 11 is -0.168. The topological polar surface area (TPSA) is 187 Å². The van der Waals surface area contributed by atoms with Gasteiger partial charge in [0.05, 0.1) is 16.6 Å². The summed E-state index contributed by atoms with van der Waals surface area (Å²) in [6, 6.07) is 20.2. The number of hydrogen-bond donors (Lipinski definition) is 5. The first-order chi connectivity index (χ1) is 24.6. The van der Waals surface area contributed by atoms with Gasteiger partial charge in [0.2, 0.25) is 0 Å². The third-order valence-electron chi connectivity index (χ3n) is 8.27. The SMILES string of the molecule is C[C@H](N)CCCc1cc(SC(F)(F)F)cc(-c2cc3cn(-c4ccc([C@@H](NCCCN=C(N)N)c5ccc(S(C)(=O)=O)cc5)cc4)c(=O)nc3[nH]2)c1. The van der Waals surface area contributed by atoms with Crippen molar-refractivity contribution in [2.24, 2.45) is 22.2 Å². The number of hydrogen-bond acceptors (Lipinski definition) is 8. The number of aliphatic imine (C=N–C) groups is 1. The van der Waals surface area contributed by atoms with Gasteiger partial charge in [-0.15, -0.1) is 0 Å². The second-order valence-electron chi connectivity index (χ2n) is 12.6. The van der Waals surface area contributed by atoms with E-state index in [0.29, 0.717) is 53.9 Å². The van der Waals surface area contributed by atoms with Crippen LogP contribution in [0.2, 0.25) is 0 Å². The molecule has 0 unspecified atom stereocenters. The Morgan fingerprint density at radius 2 is 1.69 bits per heavy atom. The molecule has 0 radical (unpaired) electrons. The molecule has 0 bridgehead atoms. The quantitative estimate of drug-likeness (QED) is 0.0403. The van der Waals surface area contributed by atoms with Gasteiger partial charge in [0.25, 0.3) is 0 Å². The van der Waals surface area contributed by atoms with Crippen LogP contribution in [0.15, 0.2) is 98.6 Å². The molecule has 0 aliphatic rings. The lowest BCUT2D eigenvalue weighted by atomic mass is 9.98. The van der Waals surface area contributed by atoms with Crippen molar-refractivity contribution in [3.8, 4) is 16.9 Å². The van der Waals surface area contributed by atoms with E-state index < -0.39 is 21.0 Å². The standard InChI is InChI=1S/C36H41F3N8O3S2/c1-22(40)5-3-6-23-17-26(19-29(18-23)51-36(37,38)39)31-20-27-21-47(35(48)46-33(27)45-31)28-11-7-24(8-12-28)32(43-15-4-16-44-34(41)42)25-9-13-30(14-10-25)52(2,49)50/h7-14,17-22,32,43H,3-6,15-16,40H2,1-2H3,(H4,41,42,44)(H,45,46,48)/t22-,32+/m0/s1. The Balaban J connectivity index is 1.44. The van der Waals surface area contributed by atoms with Gasteiger partial charge in [-0.3, -0.25) is 9.56 Å². The average molecular weight is 755 g/mol. The highest BCUT2D eigenvalue weighted by Gasteiger charge is 2.29. The molecule has 2 atom stereocenters. The average Bonchev–Trinajstić information content (AvgIpc) is 3.48. The molecule has 2 heterocycles. The molecule has 0 amide bonds. The fraction of sp³-hybridized carbons (Fsp3) is 0.306. The monoisotopic (exact) mass is 754 g/mol. The van der Waals surface area contributed by atoms with Crippen LogP contribution in [0, 0.1) is 0 Å². The number of fused-ring (bicyclic) bond motifs is 1. The molecule has 8 N–H and O–H groups in total. The maximum absolute atomic E-state index is 13.4. The number of sulfone groups is 1. The molecule has 0 spiro atoms. The Hall–Kier alpha value is -4.64. The molecule has 3 aromatic carbocycles. The molecule has 0 aliphatic carbocycles. The van der Waals surface area contributed by atoms with E-state index in [1.165, 1.54) is 10.6 Å². The lowest BCUT2D eigenvalue weighted by Gasteiger charge is -2.21. The minimum Gasteiger partial charge on any atom is -0.370 e. The predicted octanol–water partition coefficient (Wildman–Crippen LogP) is 5.41. The highest BCUT2D eigenvalue weighted by atomic mass is 32.2. The van der Waals surface area contributed by atoms with Gasteiger partial charge in [-0.25, -0.2) is 13.2 Å². The van der Waals surface area contributed by atoms with Crippen molar-refractivity contribution in [3.05, 3.63) is 106 Å². The number of benzene rings is 3. The first-order valence-corrected chi connectivity index (χ1v) is 19.2. The van der Waals surface area contributed by atoms with Crippen LogP contribution >= 0.6 is 11.8 Å². The van der Waals surface area contributed by atoms with Crippen LogP contribution < -0.4 is 28.2 Å². The van der Waals surface area contributed by atoms with Gasteiger partial charge >= 0.3 is 11.2 Å². The van der Waals surface area contributed by atoms with Crippen LogP contribution in [-0.4, -0.2) is 59.8 Å². The molecule has 5 rings (SSSR count). The van der Waals surface area contributed by atoms with Crippen molar-refractivity contribution in [3.63, 3.8) is 0 Å². The maximum atomic E-state index is 13.4. The van der Waals surface area contributed by atoms with Crippen LogP contribution in [0.3, 0.4) is 0 Å². The number of nitrogens with two attached hydrogens (primary N) is 3. The van der Waals surface area contributed by atoms with E-state index in [1.807, 2.05) is 25.1 Å². The number of aryl methyl sites for hydroxylation is 1. The number of nitrogens with one attached hydrogen (secondary N) is 2. The third kappa shape index (κ3) is 10.5. The van der Waals surface area contributed by atoms with Gasteiger partial charge in [-0.1, -0.05) is 24.3 Å². The van der Waals surface area contributed by atoms with Gasteiger partial charge < -0.3 is 27.5 Å². The van der Waals surface area contributed by atoms with E-state index in [9.17, 15) is 26.4 Å². The van der Waals surface area contributed by atoms with E-state index in [2.05, 4.69) is 20.3 Å². The van der Waals surface area contributed by atoms with E-state index in [1.54, 1.807) is 54.7 Å². The Morgan fingerprint density at radius 3 is 2.31 bits per heavy atom. The molecule has 11 nitrogen and oxygen atoms in total. The van der Waals surface area contributed by atoms with Gasteiger partial charge in [-0.2, -0.15) is 18.2 Å². The van der Waals surface area contributed by atoms with E-state index in [4.69, 9.17) is 17.2 Å². The zero-order valence-electron chi connectivity index (χ0n) is 28.7. The lowest BCUT2D eigenvalue weighted by Crippen LogP contribution is -2.26. The molecule has 52 heavy (non-hydrogen) atoms. The molecule has 0 saturated heterocycles. The van der Waals surface area contributed by atoms with Crippen molar-refractivity contribution >= 4 is 38.6 Å². The van der Waals surface area contributed by atoms with E-state index >= 15 is 0 Å². The number of guanidine groups is 1. The predicted molar refractivity (Wildman–Crippen MR) is 200 cm³/mol. The highest BCUT2D eigenvalue weighted by molar-refractivity contribution is 8.00. The van der Waals surface area contributed by atoms with Crippen LogP contribution in [0.1, 0.15) is 48.9 Å². The largest absolute Gasteiger partial charge is 0.446 e. The molecular formula is C36H41F3N8O3S2. The Labute approximate surface area is 303 Å². The molecule has 0 saturated carbocycles. The van der Waals surface area contributed by atoms with Gasteiger partial charge in [0.1, 0.15) is 5.65 Å². The zero-order chi connectivity index (χ0) is 37.6. The van der Waals surface area contributed by atoms with Crippen LogP contribution in [-0.2, 0) is 16.3 Å². The normalized spacial score (nSPS) is 13.3. The molecule has 5 aromatic rings. The number of thioether (sulfide) groups is 1. The Morgan fingerprint density at radius 1 is 1.02 bits per heavy atom. The number of aromatic nitrogens is 3. The minimum atomic E-state index is -4.45. The number of rotatable bonds is 15. The van der Waals surface area contributed by atoms with E-state index in [-0.39, 0.29) is 39.6 Å². The molecule has 2 aromatic heterocycles. The summed E-state index contributed by atoms with van der Waals surface area (Å²) in [5.74, 6) is 0.00873. The maximum Gasteiger partial charge on any atom is 0.446 e. The number of nitrogens with zero attached hydrogens (tertiary/aromatic N) is 3. The minimum absolute atomic E-state index is 0.00873. The van der Waals surface area contributed by atoms with Crippen LogP contribution in [0.5, 0.6) is 0 Å². The second kappa shape index (κ2) is 16.4. The van der Waals surface area contributed by atoms with Crippen molar-refractivity contribution in [1.29, 1.82) is 0 Å². The fourth-order valence-corrected chi connectivity index (χ4v) is 7.11. The molecule has 276 valence electrons. The molecular weight excluding hydrogens is 714 g/mol. The van der Waals surface area contributed by atoms with Crippen molar-refractivity contribution < 1.29 is 21.6 Å². The Bertz CT molecular complexity index is 2200. The van der Waals surface area contributed by atoms with Crippen molar-refractivity contribution in [1.82, 2.24) is 19.9 Å². The summed E-state index contributed by atoms with van der Waals surface area (Å²) in [4.78, 5) is 24.9. The Kier molecular flexibility index (Phi) is 12.1. The van der Waals surface area contributed by atoms with Gasteiger partial charge in [0.15, 0.2) is 15.8 Å². The zero-order valence-corrected chi connectivity index (χ0v) is 30.3. The number of alkyl halides is 3. The summed E-state index contributed by atoms with van der Waals surface area (Å²) in [6.45, 7) is 2.88. The summed E-state index contributed by atoms with van der Waals surface area (Å²) in [6.07, 6.45) is 5.48. The molecule has 0 fully saturated rings. The smallest absolute Gasteiger partial charge is 0.370 e. The molecule has 0 aliphatic heterocycles. The van der Waals surface area contributed by atoms with Crippen molar-refractivity contribution in [2.45, 2.75) is 60.0 Å². The van der Waals surface area contributed by atoms with Gasteiger partial charge in [-0.05, 0) is 122 Å². The van der Waals surface area contributed by atoms with Crippen LogP contribution in [0.4, 0.5) is 13.2 Å². The molecule has 16 heteroatoms. The lowest BCUT2D eigenvalue weighted by molar-refractivity contribution is -0.0328. The summed E-state index contributed by atoms with van der Waals surface area (Å²) in [7, 11) is -3.37. The second-order valence-corrected chi connectivity index (χ2v) is 15.8. The summed E-state index contributed by atoms with van der Waals surface area (Å²) in [5, 5.41) is 4.07. The first kappa shape index (κ1) is 38.6. The van der Waals surface area contributed by atoms with Crippen LogP contribution in [0.25, 0.3) is 28.0 Å². The first-order valence-electron chi connectivity index (χ1n) is 16.5. The number of aromatic amines is 1. The third-order valence-corrected chi connectivity index (χ3v) is 10.1. The van der Waals surface area contributed by atoms with Crippen molar-refractivity contribution in [2.75, 3.05) is 19.3 Å².